The highest BCUT2D eigenvalue weighted by molar-refractivity contribution is 6.23. The molecule has 0 bridgehead atoms. The molecule has 64 heavy (non-hydrogen) atoms. The van der Waals surface area contributed by atoms with Gasteiger partial charge in [0, 0.05) is 65.7 Å². The second-order valence-electron chi connectivity index (χ2n) is 19.7. The second kappa shape index (κ2) is 15.8. The summed E-state index contributed by atoms with van der Waals surface area (Å²) in [6, 6.07) is 14.8. The molecule has 0 radical (unpaired) electrons. The van der Waals surface area contributed by atoms with Gasteiger partial charge in [-0.1, -0.05) is 46.0 Å². The lowest BCUT2D eigenvalue weighted by Gasteiger charge is -2.65. The largest absolute Gasteiger partial charge is 0.489 e. The number of benzene rings is 3. The molecule has 5 amide bonds. The van der Waals surface area contributed by atoms with E-state index in [2.05, 4.69) is 22.1 Å². The van der Waals surface area contributed by atoms with Gasteiger partial charge < -0.3 is 14.5 Å². The summed E-state index contributed by atoms with van der Waals surface area (Å²) in [6.45, 7) is 10.1. The average molecular weight is 874 g/mol. The van der Waals surface area contributed by atoms with E-state index in [9.17, 15) is 42.4 Å². The number of imide groups is 2. The Bertz CT molecular complexity index is 2570. The van der Waals surface area contributed by atoms with E-state index in [0.29, 0.717) is 35.4 Å². The Labute approximate surface area is 370 Å². The third kappa shape index (κ3) is 7.48. The van der Waals surface area contributed by atoms with Crippen LogP contribution < -0.4 is 15.0 Å². The Kier molecular flexibility index (Phi) is 10.7. The van der Waals surface area contributed by atoms with E-state index in [1.807, 2.05) is 56.9 Å². The summed E-state index contributed by atoms with van der Waals surface area (Å²) in [4.78, 5) is 69.3. The fraction of sp³-hybridized carbons (Fsp3) is 0.480. The molecule has 2 saturated heterocycles. The third-order valence-corrected chi connectivity index (χ3v) is 14.7. The van der Waals surface area contributed by atoms with Gasteiger partial charge in [-0.2, -0.15) is 18.4 Å². The van der Waals surface area contributed by atoms with Gasteiger partial charge in [0.25, 0.3) is 17.7 Å². The molecule has 4 fully saturated rings. The maximum Gasteiger partial charge on any atom is 0.417 e. The molecule has 9 rings (SSSR count). The summed E-state index contributed by atoms with van der Waals surface area (Å²) in [6.07, 6.45) is 1.62. The molecule has 0 spiro atoms. The lowest BCUT2D eigenvalue weighted by atomic mass is 9.49. The first-order chi connectivity index (χ1) is 30.3. The van der Waals surface area contributed by atoms with Gasteiger partial charge >= 0.3 is 6.18 Å². The van der Waals surface area contributed by atoms with Gasteiger partial charge in [0.2, 0.25) is 11.8 Å². The zero-order valence-electron chi connectivity index (χ0n) is 36.3. The quantitative estimate of drug-likeness (QED) is 0.178. The highest BCUT2D eigenvalue weighted by Gasteiger charge is 2.67. The van der Waals surface area contributed by atoms with Crippen LogP contribution in [0.2, 0.25) is 0 Å². The molecule has 4 aliphatic heterocycles. The van der Waals surface area contributed by atoms with Crippen LogP contribution in [0.1, 0.15) is 132 Å². The van der Waals surface area contributed by atoms with Crippen LogP contribution in [-0.4, -0.2) is 70.6 Å². The highest BCUT2D eigenvalue weighted by Crippen LogP contribution is 2.59. The number of nitrogens with one attached hydrogen (secondary N) is 1. The molecule has 2 saturated carbocycles. The molecule has 11 nitrogen and oxygen atoms in total. The lowest BCUT2D eigenvalue weighted by molar-refractivity contribution is -0.199. The number of alkyl halides is 3. The van der Waals surface area contributed by atoms with Crippen LogP contribution >= 0.6 is 0 Å². The number of piperidine rings is 1. The summed E-state index contributed by atoms with van der Waals surface area (Å²) in [5.41, 5.74) is 1.20. The zero-order valence-corrected chi connectivity index (χ0v) is 36.3. The number of nitriles is 1. The van der Waals surface area contributed by atoms with Crippen molar-refractivity contribution < 1.29 is 41.9 Å². The van der Waals surface area contributed by atoms with E-state index in [1.165, 1.54) is 6.07 Å². The molecule has 3 aromatic rings. The number of ether oxygens (including phenoxy) is 1. The monoisotopic (exact) mass is 873 g/mol. The predicted octanol–water partition coefficient (Wildman–Crippen LogP) is 7.89. The molecule has 1 unspecified atom stereocenters. The topological polar surface area (TPSA) is 140 Å². The number of nitrogens with zero attached hydrogens (tertiary/aromatic N) is 4. The molecular weight excluding hydrogens is 824 g/mol. The van der Waals surface area contributed by atoms with Crippen LogP contribution in [-0.2, 0) is 22.3 Å². The molecule has 3 aromatic carbocycles. The minimum atomic E-state index is -4.70. The Morgan fingerprint density at radius 1 is 0.797 bits per heavy atom. The smallest absolute Gasteiger partial charge is 0.417 e. The minimum absolute atomic E-state index is 0.0317. The van der Waals surface area contributed by atoms with Crippen LogP contribution in [0.5, 0.6) is 5.75 Å². The van der Waals surface area contributed by atoms with Crippen molar-refractivity contribution in [2.24, 2.45) is 28.6 Å². The third-order valence-electron chi connectivity index (χ3n) is 14.7. The molecule has 0 aromatic heterocycles. The van der Waals surface area contributed by atoms with E-state index >= 15 is 0 Å². The Morgan fingerprint density at radius 3 is 2.17 bits per heavy atom. The summed E-state index contributed by atoms with van der Waals surface area (Å²) in [5, 5.41) is 11.4. The van der Waals surface area contributed by atoms with Crippen LogP contribution in [0.15, 0.2) is 54.6 Å². The van der Waals surface area contributed by atoms with Crippen molar-refractivity contribution in [2.75, 3.05) is 18.0 Å². The number of hydrogen-bond acceptors (Lipinski definition) is 8. The summed E-state index contributed by atoms with van der Waals surface area (Å²) in [5.74, 6) is 6.34. The van der Waals surface area contributed by atoms with Crippen molar-refractivity contribution in [3.8, 4) is 23.7 Å². The maximum absolute atomic E-state index is 13.8. The summed E-state index contributed by atoms with van der Waals surface area (Å²) in [7, 11) is 0. The molecule has 6 aliphatic rings. The lowest BCUT2D eigenvalue weighted by Crippen LogP contribution is -2.74. The van der Waals surface area contributed by atoms with E-state index in [1.54, 1.807) is 18.2 Å². The number of fused-ring (bicyclic) bond motifs is 2. The van der Waals surface area contributed by atoms with E-state index < -0.39 is 63.9 Å². The van der Waals surface area contributed by atoms with E-state index in [-0.39, 0.29) is 36.1 Å². The van der Waals surface area contributed by atoms with Crippen LogP contribution in [0.3, 0.4) is 0 Å². The molecule has 332 valence electrons. The molecule has 4 heterocycles. The number of carbonyl (C=O) groups is 5. The normalized spacial score (nSPS) is 26.0. The SMILES string of the molecule is CC1(C)[C@H](Oc2ccc(C#N)c(C(F)(F)F)c2)C(C)(C)[C@H]1N1Cc2cc(C#CC3CCC(CCC4CN(c5ccc6c(c5)C(=O)N(C5CCC(=O)NC5=O)C6=O)C4)CC3)ccc2C1=O. The van der Waals surface area contributed by atoms with Crippen molar-refractivity contribution in [1.29, 1.82) is 5.26 Å². The Morgan fingerprint density at radius 2 is 1.48 bits per heavy atom. The predicted molar refractivity (Wildman–Crippen MR) is 229 cm³/mol. The van der Waals surface area contributed by atoms with Gasteiger partial charge in [0.15, 0.2) is 0 Å². The van der Waals surface area contributed by atoms with Gasteiger partial charge in [-0.3, -0.25) is 34.2 Å². The van der Waals surface area contributed by atoms with Crippen LogP contribution in [0.4, 0.5) is 18.9 Å². The van der Waals surface area contributed by atoms with Gasteiger partial charge in [-0.15, -0.1) is 0 Å². The maximum atomic E-state index is 13.8. The van der Waals surface area contributed by atoms with Crippen molar-refractivity contribution in [1.82, 2.24) is 15.1 Å². The fourth-order valence-corrected chi connectivity index (χ4v) is 11.8. The Balaban J connectivity index is 0.742. The van der Waals surface area contributed by atoms with Gasteiger partial charge in [-0.25, -0.2) is 0 Å². The van der Waals surface area contributed by atoms with Gasteiger partial charge in [-0.05, 0) is 111 Å². The van der Waals surface area contributed by atoms with Crippen molar-refractivity contribution in [3.05, 3.63) is 93.5 Å². The van der Waals surface area contributed by atoms with Crippen LogP contribution in [0, 0.1) is 51.8 Å². The first kappa shape index (κ1) is 43.1. The van der Waals surface area contributed by atoms with Crippen molar-refractivity contribution in [3.63, 3.8) is 0 Å². The number of halogens is 3. The molecule has 1 N–H and O–H groups in total. The number of rotatable bonds is 8. The Hall–Kier alpha value is -6.15. The first-order valence-electron chi connectivity index (χ1n) is 22.2. The standard InChI is InChI=1S/C50H50F3N5O6/c1-48(2)46(49(3,4)47(48)64-35-16-14-32(24-54)39(23-35)50(51,52)53)57-27-33-21-30(13-17-36(33)43(57)61)11-9-28-5-7-29(8-6-28)10-12-31-25-56(26-31)34-15-18-37-38(22-34)45(63)58(44(37)62)40-19-20-41(59)55-42(40)60/h13-18,21-23,28-29,31,40,46-47H,5-8,10,12,19-20,25-27H2,1-4H3,(H,55,59,60)/t28?,29?,40?,46-,47-. The highest BCUT2D eigenvalue weighted by atomic mass is 19.4. The van der Waals surface area contributed by atoms with Gasteiger partial charge in [0.05, 0.1) is 28.3 Å². The van der Waals surface area contributed by atoms with E-state index in [0.717, 1.165) is 85.5 Å². The number of amides is 5. The zero-order chi connectivity index (χ0) is 45.5. The fourth-order valence-electron chi connectivity index (χ4n) is 11.8. The van der Waals surface area contributed by atoms with Crippen molar-refractivity contribution in [2.45, 2.75) is 110 Å². The van der Waals surface area contributed by atoms with Crippen LogP contribution in [0.25, 0.3) is 0 Å². The molecular formula is C50H50F3N5O6. The second-order valence-corrected chi connectivity index (χ2v) is 19.7. The molecule has 14 heteroatoms. The van der Waals surface area contributed by atoms with E-state index in [4.69, 9.17) is 4.74 Å². The van der Waals surface area contributed by atoms with Crippen molar-refractivity contribution >= 4 is 35.2 Å². The number of carbonyl (C=O) groups excluding carboxylic acids is 5. The molecule has 1 atom stereocenters. The minimum Gasteiger partial charge on any atom is -0.489 e. The first-order valence-corrected chi connectivity index (χ1v) is 22.2. The molecule has 2 aliphatic carbocycles. The number of hydrogen-bond donors (Lipinski definition) is 1. The summed E-state index contributed by atoms with van der Waals surface area (Å²) < 4.78 is 47.3. The number of anilines is 1. The summed E-state index contributed by atoms with van der Waals surface area (Å²) >= 11 is 0. The van der Waals surface area contributed by atoms with Gasteiger partial charge in [0.1, 0.15) is 17.9 Å². The average Bonchev–Trinajstić information content (AvgIpc) is 3.68.